The van der Waals surface area contributed by atoms with Gasteiger partial charge in [0.15, 0.2) is 0 Å². The highest BCUT2D eigenvalue weighted by molar-refractivity contribution is 5.80. The van der Waals surface area contributed by atoms with Crippen LogP contribution in [0.15, 0.2) is 12.2 Å². The zero-order valence-corrected chi connectivity index (χ0v) is 47.8. The van der Waals surface area contributed by atoms with E-state index >= 15 is 0 Å². The zero-order chi connectivity index (χ0) is 51.1. The lowest BCUT2D eigenvalue weighted by Crippen LogP contribution is -2.40. The smallest absolute Gasteiger partial charge is 0.309 e. The Balaban J connectivity index is 1.68. The third-order valence-electron chi connectivity index (χ3n) is 16.0. The predicted octanol–water partition coefficient (Wildman–Crippen LogP) is 20.3. The summed E-state index contributed by atoms with van der Waals surface area (Å²) in [6, 6.07) is 0. The first-order valence-corrected chi connectivity index (χ1v) is 32.3. The Hall–Kier alpha value is -1.40. The molecule has 0 spiro atoms. The summed E-state index contributed by atoms with van der Waals surface area (Å²) in [5, 5.41) is 19.2. The van der Waals surface area contributed by atoms with E-state index in [9.17, 15) is 19.8 Å². The summed E-state index contributed by atoms with van der Waals surface area (Å²) in [7, 11) is 0. The number of esters is 2. The maximum Gasteiger partial charge on any atom is 0.309 e. The van der Waals surface area contributed by atoms with Gasteiger partial charge in [0.1, 0.15) is 13.2 Å². The van der Waals surface area contributed by atoms with Crippen LogP contribution in [-0.4, -0.2) is 48.6 Å². The van der Waals surface area contributed by atoms with E-state index in [2.05, 4.69) is 19.1 Å². The number of aliphatic hydroxyl groups excluding tert-OH is 2. The number of allylic oxidation sites excluding steroid dienone is 2. The maximum absolute atomic E-state index is 12.5. The fourth-order valence-electron chi connectivity index (χ4n) is 10.8. The van der Waals surface area contributed by atoms with Crippen molar-refractivity contribution in [3.05, 3.63) is 12.2 Å². The SMILES string of the molecule is CCCCCCCCCCCCCCC/C=C/CCCCCCCCCCCCCCCCCCCCCCCCCCCCCCCCCCCCCCCC1CC(=O)OCC(CO)(CO)COC1=O. The van der Waals surface area contributed by atoms with Crippen LogP contribution in [0, 0.1) is 11.3 Å². The number of carbonyl (C=O) groups excluding carboxylic acids is 2. The summed E-state index contributed by atoms with van der Waals surface area (Å²) in [5.74, 6) is -1.40. The highest BCUT2D eigenvalue weighted by atomic mass is 16.6. The molecule has 6 heteroatoms. The molecule has 1 heterocycles. The van der Waals surface area contributed by atoms with Gasteiger partial charge in [0, 0.05) is 0 Å². The molecule has 0 saturated carbocycles. The number of cyclic esters (lactones) is 2. The van der Waals surface area contributed by atoms with Gasteiger partial charge in [0.25, 0.3) is 0 Å². The maximum atomic E-state index is 12.5. The van der Waals surface area contributed by atoms with E-state index in [1.165, 1.54) is 315 Å². The number of carbonyl (C=O) groups is 2. The van der Waals surface area contributed by atoms with Gasteiger partial charge in [-0.05, 0) is 32.1 Å². The van der Waals surface area contributed by atoms with Crippen molar-refractivity contribution in [3.63, 3.8) is 0 Å². The van der Waals surface area contributed by atoms with Gasteiger partial charge >= 0.3 is 11.9 Å². The van der Waals surface area contributed by atoms with Gasteiger partial charge in [0.2, 0.25) is 0 Å². The lowest BCUT2D eigenvalue weighted by molar-refractivity contribution is -0.155. The van der Waals surface area contributed by atoms with Gasteiger partial charge in [-0.2, -0.15) is 0 Å². The first-order valence-electron chi connectivity index (χ1n) is 32.3. The Bertz CT molecular complexity index is 1120. The summed E-state index contributed by atoms with van der Waals surface area (Å²) in [6.45, 7) is 1.21. The molecular weight excluding hydrogens is 877 g/mol. The first kappa shape index (κ1) is 67.6. The van der Waals surface area contributed by atoms with Crippen LogP contribution in [0.3, 0.4) is 0 Å². The second-order valence-corrected chi connectivity index (χ2v) is 23.1. The molecule has 0 aromatic carbocycles. The van der Waals surface area contributed by atoms with Crippen molar-refractivity contribution in [2.45, 2.75) is 354 Å². The molecule has 2 N–H and O–H groups in total. The van der Waals surface area contributed by atoms with E-state index in [-0.39, 0.29) is 19.6 Å². The van der Waals surface area contributed by atoms with Crippen molar-refractivity contribution in [1.29, 1.82) is 0 Å². The number of rotatable bonds is 56. The number of hydrogen-bond acceptors (Lipinski definition) is 6. The lowest BCUT2D eigenvalue weighted by Gasteiger charge is -2.27. The summed E-state index contributed by atoms with van der Waals surface area (Å²) in [6.07, 6.45) is 78.7. The topological polar surface area (TPSA) is 93.1 Å². The predicted molar refractivity (Wildman–Crippen MR) is 306 cm³/mol. The van der Waals surface area contributed by atoms with Crippen LogP contribution in [0.2, 0.25) is 0 Å². The third-order valence-corrected chi connectivity index (χ3v) is 16.0. The standard InChI is InChI=1S/C65H124O6/c1-2-3-4-5-6-7-8-9-10-11-12-13-14-15-16-17-18-19-20-21-22-23-24-25-26-27-28-29-30-31-32-33-34-35-36-37-38-39-40-41-42-43-44-45-46-47-48-49-50-51-52-53-54-55-56-62-57-63(68)70-60-65(58-66,59-67)61-71-64(62)69/h16-17,62,66-67H,2-15,18-61H2,1H3/b17-16+. The van der Waals surface area contributed by atoms with Crippen LogP contribution in [0.1, 0.15) is 354 Å². The van der Waals surface area contributed by atoms with Crippen molar-refractivity contribution in [3.8, 4) is 0 Å². The summed E-state index contributed by atoms with van der Waals surface area (Å²) >= 11 is 0. The molecule has 1 saturated heterocycles. The van der Waals surface area contributed by atoms with Gasteiger partial charge in [-0.3, -0.25) is 9.59 Å². The molecule has 0 aromatic rings. The largest absolute Gasteiger partial charge is 0.465 e. The normalized spacial score (nSPS) is 15.3. The number of unbranched alkanes of at least 4 members (excludes halogenated alkanes) is 50. The fourth-order valence-corrected chi connectivity index (χ4v) is 10.8. The number of ether oxygens (including phenoxy) is 2. The van der Waals surface area contributed by atoms with Crippen LogP contribution in [-0.2, 0) is 19.1 Å². The molecule has 0 bridgehead atoms. The fraction of sp³-hybridized carbons (Fsp3) is 0.938. The molecule has 1 aliphatic heterocycles. The van der Waals surface area contributed by atoms with Crippen LogP contribution in [0.5, 0.6) is 0 Å². The van der Waals surface area contributed by atoms with Crippen LogP contribution >= 0.6 is 0 Å². The molecule has 0 aliphatic carbocycles. The zero-order valence-electron chi connectivity index (χ0n) is 47.8. The van der Waals surface area contributed by atoms with Gasteiger partial charge < -0.3 is 19.7 Å². The second-order valence-electron chi connectivity index (χ2n) is 23.1. The molecule has 420 valence electrons. The highest BCUT2D eigenvalue weighted by Gasteiger charge is 2.36. The van der Waals surface area contributed by atoms with Gasteiger partial charge in [-0.1, -0.05) is 327 Å². The first-order chi connectivity index (χ1) is 35.1. The van der Waals surface area contributed by atoms with Gasteiger partial charge in [0.05, 0.1) is 31.0 Å². The van der Waals surface area contributed by atoms with E-state index in [0.29, 0.717) is 6.42 Å². The van der Waals surface area contributed by atoms with Crippen molar-refractivity contribution in [2.75, 3.05) is 26.4 Å². The molecule has 1 fully saturated rings. The van der Waals surface area contributed by atoms with E-state index in [1.807, 2.05) is 0 Å². The summed E-state index contributed by atoms with van der Waals surface area (Å²) < 4.78 is 10.6. The molecule has 1 atom stereocenters. The monoisotopic (exact) mass is 1000 g/mol. The molecule has 1 unspecified atom stereocenters. The molecule has 0 amide bonds. The molecule has 0 aromatic heterocycles. The van der Waals surface area contributed by atoms with E-state index in [4.69, 9.17) is 9.47 Å². The lowest BCUT2D eigenvalue weighted by atomic mass is 9.92. The minimum atomic E-state index is -1.12. The van der Waals surface area contributed by atoms with E-state index in [1.54, 1.807) is 0 Å². The Morgan fingerprint density at radius 2 is 0.606 bits per heavy atom. The molecule has 6 nitrogen and oxygen atoms in total. The van der Waals surface area contributed by atoms with Crippen LogP contribution in [0.4, 0.5) is 0 Å². The van der Waals surface area contributed by atoms with Gasteiger partial charge in [-0.25, -0.2) is 0 Å². The Morgan fingerprint density at radius 3 is 0.873 bits per heavy atom. The summed E-state index contributed by atoms with van der Waals surface area (Å²) in [5.41, 5.74) is -1.12. The molecular formula is C65H124O6. The van der Waals surface area contributed by atoms with Crippen molar-refractivity contribution in [2.24, 2.45) is 11.3 Å². The van der Waals surface area contributed by atoms with Crippen LogP contribution < -0.4 is 0 Å². The third kappa shape index (κ3) is 46.8. The van der Waals surface area contributed by atoms with E-state index in [0.717, 1.165) is 19.3 Å². The minimum Gasteiger partial charge on any atom is -0.465 e. The highest BCUT2D eigenvalue weighted by Crippen LogP contribution is 2.25. The average molecular weight is 1000 g/mol. The van der Waals surface area contributed by atoms with E-state index < -0.39 is 36.5 Å². The Morgan fingerprint density at radius 1 is 0.366 bits per heavy atom. The number of hydrogen-bond donors (Lipinski definition) is 2. The second kappa shape index (κ2) is 54.8. The molecule has 1 rings (SSSR count). The quantitative estimate of drug-likeness (QED) is 0.0358. The Kier molecular flexibility index (Phi) is 52.2. The molecule has 1 aliphatic rings. The molecule has 0 radical (unpaired) electrons. The van der Waals surface area contributed by atoms with Crippen molar-refractivity contribution in [1.82, 2.24) is 0 Å². The Labute approximate surface area is 443 Å². The molecule has 71 heavy (non-hydrogen) atoms. The average Bonchev–Trinajstić information content (AvgIpc) is 3.44. The summed E-state index contributed by atoms with van der Waals surface area (Å²) in [4.78, 5) is 24.7. The minimum absolute atomic E-state index is 0.00502. The van der Waals surface area contributed by atoms with Crippen molar-refractivity contribution >= 4 is 11.9 Å². The number of aliphatic hydroxyl groups is 2. The van der Waals surface area contributed by atoms with Crippen molar-refractivity contribution < 1.29 is 29.3 Å². The van der Waals surface area contributed by atoms with Gasteiger partial charge in [-0.15, -0.1) is 0 Å². The van der Waals surface area contributed by atoms with Crippen LogP contribution in [0.25, 0.3) is 0 Å².